The number of amides is 1. The summed E-state index contributed by atoms with van der Waals surface area (Å²) in [6.07, 6.45) is 3.17. The molecule has 1 aromatic carbocycles. The Bertz CT molecular complexity index is 552. The molecule has 1 aliphatic rings. The lowest BCUT2D eigenvalue weighted by atomic mass is 9.68. The third kappa shape index (κ3) is 3.88. The van der Waals surface area contributed by atoms with Gasteiger partial charge in [-0.05, 0) is 30.5 Å². The van der Waals surface area contributed by atoms with Crippen molar-refractivity contribution in [3.05, 3.63) is 35.6 Å². The molecule has 1 saturated carbocycles. The minimum absolute atomic E-state index is 0.0897. The summed E-state index contributed by atoms with van der Waals surface area (Å²) in [5.74, 6) is -1.68. The summed E-state index contributed by atoms with van der Waals surface area (Å²) < 4.78 is 18.0. The second kappa shape index (κ2) is 7.55. The van der Waals surface area contributed by atoms with Gasteiger partial charge in [0, 0.05) is 7.11 Å². The molecule has 1 unspecified atom stereocenters. The fraction of sp³-hybridized carbons (Fsp3) is 0.529. The molecule has 5 nitrogen and oxygen atoms in total. The fourth-order valence-corrected chi connectivity index (χ4v) is 3.20. The van der Waals surface area contributed by atoms with E-state index < -0.39 is 17.5 Å². The second-order valence-corrected chi connectivity index (χ2v) is 5.92. The minimum Gasteiger partial charge on any atom is -0.479 e. The van der Waals surface area contributed by atoms with Crippen LogP contribution in [-0.4, -0.2) is 36.7 Å². The highest BCUT2D eigenvalue weighted by atomic mass is 19.1. The van der Waals surface area contributed by atoms with E-state index in [0.29, 0.717) is 12.8 Å². The van der Waals surface area contributed by atoms with Gasteiger partial charge in [-0.1, -0.05) is 31.4 Å². The Morgan fingerprint density at radius 1 is 1.26 bits per heavy atom. The molecule has 6 heteroatoms. The fourth-order valence-electron chi connectivity index (χ4n) is 3.20. The van der Waals surface area contributed by atoms with E-state index in [1.54, 1.807) is 12.1 Å². The lowest BCUT2D eigenvalue weighted by molar-refractivity contribution is -0.148. The number of ether oxygens (including phenoxy) is 1. The Morgan fingerprint density at radius 2 is 1.87 bits per heavy atom. The van der Waals surface area contributed by atoms with Crippen molar-refractivity contribution in [2.45, 2.75) is 43.6 Å². The van der Waals surface area contributed by atoms with Gasteiger partial charge in [0.2, 0.25) is 5.91 Å². The average molecular weight is 323 g/mol. The zero-order chi connectivity index (χ0) is 16.9. The van der Waals surface area contributed by atoms with Gasteiger partial charge in [0.25, 0.3) is 0 Å². The molecule has 0 radical (unpaired) electrons. The molecule has 2 rings (SSSR count). The van der Waals surface area contributed by atoms with Crippen molar-refractivity contribution in [2.75, 3.05) is 13.7 Å². The van der Waals surface area contributed by atoms with Gasteiger partial charge in [0.15, 0.2) is 6.10 Å². The van der Waals surface area contributed by atoms with Gasteiger partial charge in [-0.2, -0.15) is 0 Å². The van der Waals surface area contributed by atoms with E-state index in [-0.39, 0.29) is 18.3 Å². The van der Waals surface area contributed by atoms with Crippen molar-refractivity contribution in [1.29, 1.82) is 0 Å². The van der Waals surface area contributed by atoms with Crippen LogP contribution in [0, 0.1) is 5.82 Å². The Balaban J connectivity index is 2.19. The number of nitrogens with one attached hydrogen (secondary N) is 1. The number of hydrogen-bond donors (Lipinski definition) is 2. The number of methoxy groups -OCH3 is 1. The summed E-state index contributed by atoms with van der Waals surface area (Å²) in [6, 6.07) is 6.00. The molecule has 0 spiro atoms. The van der Waals surface area contributed by atoms with Crippen LogP contribution >= 0.6 is 0 Å². The largest absolute Gasteiger partial charge is 0.479 e. The standard InChI is InChI=1S/C17H22FNO4/c1-23-14(15(20)21)11-19-16(22)17(9-3-2-4-10-17)12-5-7-13(18)8-6-12/h5-8,14H,2-4,9-11H2,1H3,(H,19,22)(H,20,21). The summed E-state index contributed by atoms with van der Waals surface area (Å²) in [6.45, 7) is -0.0897. The van der Waals surface area contributed by atoms with E-state index in [4.69, 9.17) is 9.84 Å². The van der Waals surface area contributed by atoms with Crippen molar-refractivity contribution < 1.29 is 23.8 Å². The van der Waals surface area contributed by atoms with Crippen molar-refractivity contribution in [3.63, 3.8) is 0 Å². The second-order valence-electron chi connectivity index (χ2n) is 5.92. The van der Waals surface area contributed by atoms with Crippen LogP contribution in [-0.2, 0) is 19.7 Å². The number of carbonyl (C=O) groups excluding carboxylic acids is 1. The molecule has 23 heavy (non-hydrogen) atoms. The normalized spacial score (nSPS) is 18.2. The highest BCUT2D eigenvalue weighted by molar-refractivity contribution is 5.88. The van der Waals surface area contributed by atoms with E-state index in [2.05, 4.69) is 5.32 Å². The Labute approximate surface area is 134 Å². The van der Waals surface area contributed by atoms with E-state index >= 15 is 0 Å². The molecule has 1 aliphatic carbocycles. The summed E-state index contributed by atoms with van der Waals surface area (Å²) in [5, 5.41) is 11.7. The molecule has 0 aromatic heterocycles. The predicted molar refractivity (Wildman–Crippen MR) is 82.6 cm³/mol. The Morgan fingerprint density at radius 3 is 2.39 bits per heavy atom. The average Bonchev–Trinajstić information content (AvgIpc) is 2.56. The number of rotatable bonds is 6. The summed E-state index contributed by atoms with van der Waals surface area (Å²) in [7, 11) is 1.29. The highest BCUT2D eigenvalue weighted by Gasteiger charge is 2.41. The molecule has 0 saturated heterocycles. The van der Waals surface area contributed by atoms with Crippen LogP contribution in [0.15, 0.2) is 24.3 Å². The highest BCUT2D eigenvalue weighted by Crippen LogP contribution is 2.39. The molecule has 0 aliphatic heterocycles. The van der Waals surface area contributed by atoms with Crippen LogP contribution in [0.1, 0.15) is 37.7 Å². The molecular weight excluding hydrogens is 301 g/mol. The maximum absolute atomic E-state index is 13.2. The molecule has 1 amide bonds. The molecule has 2 N–H and O–H groups in total. The maximum atomic E-state index is 13.2. The van der Waals surface area contributed by atoms with Gasteiger partial charge >= 0.3 is 5.97 Å². The van der Waals surface area contributed by atoms with Gasteiger partial charge in [-0.15, -0.1) is 0 Å². The molecule has 0 bridgehead atoms. The third-order valence-electron chi connectivity index (χ3n) is 4.55. The van der Waals surface area contributed by atoms with Gasteiger partial charge in [-0.25, -0.2) is 9.18 Å². The lowest BCUT2D eigenvalue weighted by Crippen LogP contribution is -2.49. The van der Waals surface area contributed by atoms with Gasteiger partial charge in [-0.3, -0.25) is 4.79 Å². The predicted octanol–water partition coefficient (Wildman–Crippen LogP) is 2.24. The van der Waals surface area contributed by atoms with E-state index in [9.17, 15) is 14.0 Å². The first-order chi connectivity index (χ1) is 11.0. The molecular formula is C17H22FNO4. The smallest absolute Gasteiger partial charge is 0.334 e. The molecule has 1 fully saturated rings. The van der Waals surface area contributed by atoms with Crippen LogP contribution in [0.4, 0.5) is 4.39 Å². The number of carboxylic acid groups (broad SMARTS) is 1. The Kier molecular flexibility index (Phi) is 5.71. The number of aliphatic carboxylic acids is 1. The quantitative estimate of drug-likeness (QED) is 0.842. The number of benzene rings is 1. The van der Waals surface area contributed by atoms with E-state index in [1.165, 1.54) is 19.2 Å². The number of hydrogen-bond acceptors (Lipinski definition) is 3. The molecule has 126 valence electrons. The van der Waals surface area contributed by atoms with Crippen LogP contribution < -0.4 is 5.32 Å². The maximum Gasteiger partial charge on any atom is 0.334 e. The first kappa shape index (κ1) is 17.4. The molecule has 1 aromatic rings. The van der Waals surface area contributed by atoms with Gasteiger partial charge in [0.1, 0.15) is 5.82 Å². The van der Waals surface area contributed by atoms with Crippen molar-refractivity contribution >= 4 is 11.9 Å². The van der Waals surface area contributed by atoms with Crippen LogP contribution in [0.2, 0.25) is 0 Å². The lowest BCUT2D eigenvalue weighted by Gasteiger charge is -2.36. The minimum atomic E-state index is -1.12. The first-order valence-electron chi connectivity index (χ1n) is 7.79. The third-order valence-corrected chi connectivity index (χ3v) is 4.55. The molecule has 0 heterocycles. The Hall–Kier alpha value is -1.95. The van der Waals surface area contributed by atoms with Gasteiger partial charge < -0.3 is 15.2 Å². The van der Waals surface area contributed by atoms with E-state index in [0.717, 1.165) is 24.8 Å². The molecule has 1 atom stereocenters. The van der Waals surface area contributed by atoms with Crippen molar-refractivity contribution in [1.82, 2.24) is 5.32 Å². The van der Waals surface area contributed by atoms with Crippen LogP contribution in [0.25, 0.3) is 0 Å². The van der Waals surface area contributed by atoms with Crippen molar-refractivity contribution in [2.24, 2.45) is 0 Å². The van der Waals surface area contributed by atoms with Crippen LogP contribution in [0.5, 0.6) is 0 Å². The van der Waals surface area contributed by atoms with Crippen molar-refractivity contribution in [3.8, 4) is 0 Å². The summed E-state index contributed by atoms with van der Waals surface area (Å²) in [5.41, 5.74) is 0.0586. The first-order valence-corrected chi connectivity index (χ1v) is 7.79. The number of carboxylic acids is 1. The number of halogens is 1. The van der Waals surface area contributed by atoms with E-state index in [1.807, 2.05) is 0 Å². The van der Waals surface area contributed by atoms with Crippen LogP contribution in [0.3, 0.4) is 0 Å². The topological polar surface area (TPSA) is 75.6 Å². The summed E-state index contributed by atoms with van der Waals surface area (Å²) in [4.78, 5) is 23.8. The zero-order valence-corrected chi connectivity index (χ0v) is 13.2. The zero-order valence-electron chi connectivity index (χ0n) is 13.2. The number of carbonyl (C=O) groups is 2. The summed E-state index contributed by atoms with van der Waals surface area (Å²) >= 11 is 0. The SMILES string of the molecule is COC(CNC(=O)C1(c2ccc(F)cc2)CCCCC1)C(=O)O. The van der Waals surface area contributed by atoms with Gasteiger partial charge in [0.05, 0.1) is 12.0 Å². The monoisotopic (exact) mass is 323 g/mol.